The number of thiocarbonyl (C=S) groups is 1. The second-order valence-electron chi connectivity index (χ2n) is 7.23. The highest BCUT2D eigenvalue weighted by Crippen LogP contribution is 2.33. The number of carboxylic acids is 1. The van der Waals surface area contributed by atoms with Crippen LogP contribution in [0.5, 0.6) is 0 Å². The van der Waals surface area contributed by atoms with Crippen LogP contribution in [0.3, 0.4) is 0 Å². The second kappa shape index (κ2) is 10.4. The van der Waals surface area contributed by atoms with Crippen molar-refractivity contribution in [2.75, 3.05) is 5.43 Å². The first-order valence-corrected chi connectivity index (χ1v) is 10.8. The summed E-state index contributed by atoms with van der Waals surface area (Å²) in [5, 5.41) is 13.0. The van der Waals surface area contributed by atoms with Gasteiger partial charge in [-0.3, -0.25) is 10.9 Å². The van der Waals surface area contributed by atoms with Gasteiger partial charge in [0.1, 0.15) is 0 Å². The number of halogens is 1. The summed E-state index contributed by atoms with van der Waals surface area (Å²) in [6, 6.07) is 9.64. The average Bonchev–Trinajstić information content (AvgIpc) is 2.88. The van der Waals surface area contributed by atoms with Crippen molar-refractivity contribution in [3.05, 3.63) is 81.5 Å². The van der Waals surface area contributed by atoms with Gasteiger partial charge in [-0.25, -0.2) is 9.78 Å². The minimum atomic E-state index is -1.09. The number of hydrogen-bond acceptors (Lipinski definition) is 4. The Morgan fingerprint density at radius 1 is 1.35 bits per heavy atom. The van der Waals surface area contributed by atoms with Gasteiger partial charge >= 0.3 is 5.97 Å². The highest BCUT2D eigenvalue weighted by Gasteiger charge is 2.23. The summed E-state index contributed by atoms with van der Waals surface area (Å²) in [4.78, 5) is 15.1. The van der Waals surface area contributed by atoms with Gasteiger partial charge in [0, 0.05) is 6.20 Å². The molecular weight excluding hydrogens is 432 g/mol. The number of hydrazine groups is 1. The maximum atomic E-state index is 11.0. The number of aromatic nitrogens is 1. The molecule has 1 aliphatic carbocycles. The van der Waals surface area contributed by atoms with Crippen LogP contribution in [0.2, 0.25) is 5.02 Å². The zero-order valence-electron chi connectivity index (χ0n) is 17.4. The number of aromatic carboxylic acids is 1. The Bertz CT molecular complexity index is 1050. The first kappa shape index (κ1) is 22.8. The molecule has 31 heavy (non-hydrogen) atoms. The van der Waals surface area contributed by atoms with Crippen molar-refractivity contribution in [1.29, 1.82) is 0 Å². The van der Waals surface area contributed by atoms with E-state index in [1.165, 1.54) is 34.5 Å². The average molecular weight is 457 g/mol. The molecule has 0 spiro atoms. The van der Waals surface area contributed by atoms with E-state index in [4.69, 9.17) is 28.9 Å². The molecule has 1 aromatic heterocycles. The van der Waals surface area contributed by atoms with Crippen molar-refractivity contribution in [1.82, 2.24) is 15.7 Å². The standard InChI is InChI=1S/C23H25ClN4O2S/c1-3-4-7-15-10-11-16-8-5-6-9-18(16)20(14(15)2)26-23(31)28-27-21-19(24)12-17(13-25-21)22(29)30/h4-9,12-13,20H,3,10-11H2,1-2H3,(H,25,27)(H,29,30)(H2,26,28,31)/b7-4-. The molecule has 0 saturated carbocycles. The van der Waals surface area contributed by atoms with E-state index in [1.807, 2.05) is 6.07 Å². The molecule has 0 aliphatic heterocycles. The molecule has 6 nitrogen and oxygen atoms in total. The maximum absolute atomic E-state index is 11.0. The molecule has 1 heterocycles. The number of carboxylic acid groups (broad SMARTS) is 1. The fraction of sp³-hybridized carbons (Fsp3) is 0.261. The number of pyridine rings is 1. The van der Waals surface area contributed by atoms with E-state index in [0.29, 0.717) is 5.11 Å². The van der Waals surface area contributed by atoms with Crippen LogP contribution < -0.4 is 16.2 Å². The quantitative estimate of drug-likeness (QED) is 0.351. The normalized spacial score (nSPS) is 15.9. The van der Waals surface area contributed by atoms with E-state index in [2.05, 4.69) is 65.4 Å². The van der Waals surface area contributed by atoms with Gasteiger partial charge in [0.15, 0.2) is 10.9 Å². The largest absolute Gasteiger partial charge is 0.478 e. The molecule has 4 N–H and O–H groups in total. The van der Waals surface area contributed by atoms with Crippen LogP contribution in [-0.4, -0.2) is 21.2 Å². The Morgan fingerprint density at radius 2 is 2.13 bits per heavy atom. The Kier molecular flexibility index (Phi) is 7.65. The number of nitrogens with one attached hydrogen (secondary N) is 3. The van der Waals surface area contributed by atoms with E-state index < -0.39 is 5.97 Å². The Labute approximate surface area is 192 Å². The summed E-state index contributed by atoms with van der Waals surface area (Å²) in [5.41, 5.74) is 10.8. The molecule has 0 radical (unpaired) electrons. The molecule has 3 rings (SSSR count). The van der Waals surface area contributed by atoms with Gasteiger partial charge < -0.3 is 10.4 Å². The van der Waals surface area contributed by atoms with E-state index in [0.717, 1.165) is 19.3 Å². The van der Waals surface area contributed by atoms with Gasteiger partial charge in [0.2, 0.25) is 0 Å². The lowest BCUT2D eigenvalue weighted by Crippen LogP contribution is -2.41. The fourth-order valence-corrected chi connectivity index (χ4v) is 3.90. The third-order valence-electron chi connectivity index (χ3n) is 5.18. The van der Waals surface area contributed by atoms with Gasteiger partial charge in [-0.2, -0.15) is 0 Å². The van der Waals surface area contributed by atoms with Crippen molar-refractivity contribution >= 4 is 40.7 Å². The topological polar surface area (TPSA) is 86.3 Å². The van der Waals surface area contributed by atoms with Crippen LogP contribution in [-0.2, 0) is 6.42 Å². The number of fused-ring (bicyclic) bond motifs is 1. The SMILES string of the molecule is CC/C=C\C1=C(C)C(NC(=S)NNc2ncc(C(=O)O)cc2Cl)c2ccccc2CC1. The van der Waals surface area contributed by atoms with Crippen molar-refractivity contribution in [2.45, 2.75) is 39.2 Å². The minimum Gasteiger partial charge on any atom is -0.478 e. The van der Waals surface area contributed by atoms with E-state index >= 15 is 0 Å². The van der Waals surface area contributed by atoms with Gasteiger partial charge in [-0.1, -0.05) is 54.9 Å². The minimum absolute atomic E-state index is 0.0136. The van der Waals surface area contributed by atoms with Crippen LogP contribution >= 0.6 is 23.8 Å². The summed E-state index contributed by atoms with van der Waals surface area (Å²) in [5.74, 6) is -0.802. The molecule has 1 aromatic carbocycles. The van der Waals surface area contributed by atoms with Gasteiger partial charge in [0.25, 0.3) is 0 Å². The maximum Gasteiger partial charge on any atom is 0.337 e. The second-order valence-corrected chi connectivity index (χ2v) is 8.05. The first-order valence-electron chi connectivity index (χ1n) is 10.1. The van der Waals surface area contributed by atoms with Crippen molar-refractivity contribution < 1.29 is 9.90 Å². The number of hydrogen-bond donors (Lipinski definition) is 4. The lowest BCUT2D eigenvalue weighted by Gasteiger charge is -2.24. The summed E-state index contributed by atoms with van der Waals surface area (Å²) in [6.45, 7) is 4.26. The molecule has 2 aromatic rings. The Hall–Kier alpha value is -2.90. The molecule has 0 amide bonds. The number of aryl methyl sites for hydroxylation is 1. The molecule has 0 saturated heterocycles. The van der Waals surface area contributed by atoms with Crippen LogP contribution in [0.1, 0.15) is 54.2 Å². The van der Waals surface area contributed by atoms with Crippen LogP contribution in [0.25, 0.3) is 0 Å². The van der Waals surface area contributed by atoms with E-state index in [1.54, 1.807) is 0 Å². The van der Waals surface area contributed by atoms with Gasteiger partial charge in [-0.05, 0) is 66.7 Å². The Balaban J connectivity index is 1.77. The molecule has 0 bridgehead atoms. The van der Waals surface area contributed by atoms with Crippen LogP contribution in [0, 0.1) is 0 Å². The van der Waals surface area contributed by atoms with E-state index in [9.17, 15) is 4.79 Å². The van der Waals surface area contributed by atoms with Gasteiger partial charge in [0.05, 0.1) is 16.6 Å². The number of allylic oxidation sites excluding steroid dienone is 3. The number of nitrogens with zero attached hydrogens (tertiary/aromatic N) is 1. The number of anilines is 1. The van der Waals surface area contributed by atoms with Gasteiger partial charge in [-0.15, -0.1) is 0 Å². The van der Waals surface area contributed by atoms with Crippen LogP contribution in [0.4, 0.5) is 5.82 Å². The summed E-state index contributed by atoms with van der Waals surface area (Å²) < 4.78 is 0. The monoisotopic (exact) mass is 456 g/mol. The highest BCUT2D eigenvalue weighted by atomic mass is 35.5. The van der Waals surface area contributed by atoms with Crippen LogP contribution in [0.15, 0.2) is 59.8 Å². The zero-order valence-corrected chi connectivity index (χ0v) is 19.0. The fourth-order valence-electron chi connectivity index (χ4n) is 3.52. The highest BCUT2D eigenvalue weighted by molar-refractivity contribution is 7.80. The number of benzene rings is 1. The van der Waals surface area contributed by atoms with Crippen molar-refractivity contribution in [3.63, 3.8) is 0 Å². The molecule has 1 atom stereocenters. The Morgan fingerprint density at radius 3 is 2.84 bits per heavy atom. The first-order chi connectivity index (χ1) is 14.9. The number of rotatable bonds is 6. The van der Waals surface area contributed by atoms with Crippen molar-refractivity contribution in [3.8, 4) is 0 Å². The summed E-state index contributed by atoms with van der Waals surface area (Å²) >= 11 is 11.6. The van der Waals surface area contributed by atoms with Crippen molar-refractivity contribution in [2.24, 2.45) is 0 Å². The molecule has 1 aliphatic rings. The summed E-state index contributed by atoms with van der Waals surface area (Å²) in [6.07, 6.45) is 8.56. The lowest BCUT2D eigenvalue weighted by molar-refractivity contribution is 0.0696. The van der Waals surface area contributed by atoms with E-state index in [-0.39, 0.29) is 22.4 Å². The predicted octanol–water partition coefficient (Wildman–Crippen LogP) is 5.19. The molecule has 8 heteroatoms. The molecule has 0 fully saturated rings. The lowest BCUT2D eigenvalue weighted by atomic mass is 9.95. The third kappa shape index (κ3) is 5.62. The predicted molar refractivity (Wildman–Crippen MR) is 128 cm³/mol. The zero-order chi connectivity index (χ0) is 22.4. The molecular formula is C23H25ClN4O2S. The molecule has 1 unspecified atom stereocenters. The number of carbonyl (C=O) groups is 1. The molecule has 162 valence electrons. The summed E-state index contributed by atoms with van der Waals surface area (Å²) in [7, 11) is 0. The third-order valence-corrected chi connectivity index (χ3v) is 5.69. The smallest absolute Gasteiger partial charge is 0.337 e.